The topological polar surface area (TPSA) is 45.1 Å². The number of aliphatic hydroxyl groups is 1. The van der Waals surface area contributed by atoms with E-state index < -0.39 is 17.3 Å². The fourth-order valence-corrected chi connectivity index (χ4v) is 2.53. The molecule has 0 bridgehead atoms. The summed E-state index contributed by atoms with van der Waals surface area (Å²) >= 11 is 0. The lowest BCUT2D eigenvalue weighted by atomic mass is 9.71. The number of anilines is 1. The summed E-state index contributed by atoms with van der Waals surface area (Å²) in [5, 5.41) is 13.3. The molecule has 0 amide bonds. The number of halogens is 3. The van der Waals surface area contributed by atoms with Crippen LogP contribution in [0.3, 0.4) is 0 Å². The van der Waals surface area contributed by atoms with Crippen molar-refractivity contribution >= 4 is 5.82 Å². The van der Waals surface area contributed by atoms with Crippen LogP contribution >= 0.6 is 0 Å². The zero-order valence-corrected chi connectivity index (χ0v) is 12.3. The fourth-order valence-electron chi connectivity index (χ4n) is 2.53. The summed E-state index contributed by atoms with van der Waals surface area (Å²) in [6.07, 6.45) is -0.162. The van der Waals surface area contributed by atoms with Crippen LogP contribution in [0.2, 0.25) is 0 Å². The van der Waals surface area contributed by atoms with Gasteiger partial charge in [0.2, 0.25) is 0 Å². The maximum atomic E-state index is 12.6. The van der Waals surface area contributed by atoms with E-state index in [-0.39, 0.29) is 17.8 Å². The van der Waals surface area contributed by atoms with Gasteiger partial charge in [-0.3, -0.25) is 0 Å². The van der Waals surface area contributed by atoms with E-state index in [0.717, 1.165) is 31.2 Å². The van der Waals surface area contributed by atoms with E-state index in [0.29, 0.717) is 12.8 Å². The Hall–Kier alpha value is -1.30. The minimum Gasteiger partial charge on any atom is -0.388 e. The highest BCUT2D eigenvalue weighted by molar-refractivity contribution is 5.39. The molecule has 0 spiro atoms. The van der Waals surface area contributed by atoms with Crippen molar-refractivity contribution in [3.05, 3.63) is 23.9 Å². The van der Waals surface area contributed by atoms with Crippen molar-refractivity contribution in [2.75, 3.05) is 11.9 Å². The molecular formula is C15H21F3N2O. The van der Waals surface area contributed by atoms with E-state index in [2.05, 4.69) is 24.1 Å². The van der Waals surface area contributed by atoms with Crippen LogP contribution in [0.5, 0.6) is 0 Å². The van der Waals surface area contributed by atoms with Crippen LogP contribution in [-0.4, -0.2) is 22.2 Å². The Kier molecular flexibility index (Phi) is 4.19. The summed E-state index contributed by atoms with van der Waals surface area (Å²) in [7, 11) is 0. The molecule has 0 radical (unpaired) electrons. The summed E-state index contributed by atoms with van der Waals surface area (Å²) < 4.78 is 37.9. The minimum atomic E-state index is -4.38. The molecule has 6 heteroatoms. The summed E-state index contributed by atoms with van der Waals surface area (Å²) in [6.45, 7) is 4.54. The second-order valence-electron chi connectivity index (χ2n) is 6.67. The van der Waals surface area contributed by atoms with Crippen molar-refractivity contribution in [3.8, 4) is 0 Å². The van der Waals surface area contributed by atoms with Gasteiger partial charge in [0, 0.05) is 12.7 Å². The molecule has 2 N–H and O–H groups in total. The zero-order chi connectivity index (χ0) is 15.7. The highest BCUT2D eigenvalue weighted by atomic mass is 19.4. The number of rotatable bonds is 3. The van der Waals surface area contributed by atoms with Gasteiger partial charge in [-0.05, 0) is 43.2 Å². The fraction of sp³-hybridized carbons (Fsp3) is 0.667. The molecule has 2 rings (SSSR count). The highest BCUT2D eigenvalue weighted by Crippen LogP contribution is 2.40. The van der Waals surface area contributed by atoms with E-state index in [9.17, 15) is 18.3 Å². The smallest absolute Gasteiger partial charge is 0.388 e. The van der Waals surface area contributed by atoms with Gasteiger partial charge >= 0.3 is 6.18 Å². The van der Waals surface area contributed by atoms with Crippen LogP contribution in [0, 0.1) is 5.41 Å². The van der Waals surface area contributed by atoms with Gasteiger partial charge in [-0.1, -0.05) is 13.8 Å². The highest BCUT2D eigenvalue weighted by Gasteiger charge is 2.36. The largest absolute Gasteiger partial charge is 0.416 e. The standard InChI is InChI=1S/C15H21F3N2O/c1-13(2)4-6-14(21,7-5-13)10-20-12-9-11(3-8-19-12)15(16,17)18/h3,8-9,21H,4-7,10H2,1-2H3,(H,19,20). The molecular weight excluding hydrogens is 281 g/mol. The third kappa shape index (κ3) is 4.33. The average Bonchev–Trinajstić information content (AvgIpc) is 2.40. The van der Waals surface area contributed by atoms with Crippen LogP contribution in [0.15, 0.2) is 18.3 Å². The lowest BCUT2D eigenvalue weighted by molar-refractivity contribution is -0.137. The molecule has 0 saturated heterocycles. The van der Waals surface area contributed by atoms with Gasteiger partial charge in [0.15, 0.2) is 0 Å². The monoisotopic (exact) mass is 302 g/mol. The van der Waals surface area contributed by atoms with Crippen molar-refractivity contribution in [1.29, 1.82) is 0 Å². The molecule has 1 aliphatic rings. The number of aromatic nitrogens is 1. The van der Waals surface area contributed by atoms with Gasteiger partial charge in [0.05, 0.1) is 11.2 Å². The van der Waals surface area contributed by atoms with Gasteiger partial charge in [-0.2, -0.15) is 13.2 Å². The first-order chi connectivity index (χ1) is 9.60. The van der Waals surface area contributed by atoms with Gasteiger partial charge < -0.3 is 10.4 Å². The quantitative estimate of drug-likeness (QED) is 0.891. The molecule has 118 valence electrons. The molecule has 1 aromatic rings. The van der Waals surface area contributed by atoms with E-state index >= 15 is 0 Å². The predicted octanol–water partition coefficient (Wildman–Crippen LogP) is 3.84. The van der Waals surface area contributed by atoms with Gasteiger partial charge in [-0.25, -0.2) is 4.98 Å². The van der Waals surface area contributed by atoms with Crippen LogP contribution < -0.4 is 5.32 Å². The average molecular weight is 302 g/mol. The summed E-state index contributed by atoms with van der Waals surface area (Å²) in [6, 6.07) is 1.90. The molecule has 0 atom stereocenters. The van der Waals surface area contributed by atoms with Crippen molar-refractivity contribution < 1.29 is 18.3 Å². The first-order valence-electron chi connectivity index (χ1n) is 7.09. The van der Waals surface area contributed by atoms with Crippen LogP contribution in [-0.2, 0) is 6.18 Å². The van der Waals surface area contributed by atoms with Crippen LogP contribution in [0.25, 0.3) is 0 Å². The van der Waals surface area contributed by atoms with Crippen LogP contribution in [0.4, 0.5) is 19.0 Å². The van der Waals surface area contributed by atoms with Crippen molar-refractivity contribution in [2.45, 2.75) is 51.3 Å². The first kappa shape index (κ1) is 16.1. The predicted molar refractivity (Wildman–Crippen MR) is 74.9 cm³/mol. The van der Waals surface area contributed by atoms with Crippen molar-refractivity contribution in [2.24, 2.45) is 5.41 Å². The number of pyridine rings is 1. The van der Waals surface area contributed by atoms with Crippen molar-refractivity contribution in [1.82, 2.24) is 4.98 Å². The maximum absolute atomic E-state index is 12.6. The first-order valence-corrected chi connectivity index (χ1v) is 7.09. The molecule has 1 saturated carbocycles. The third-order valence-electron chi connectivity index (χ3n) is 4.22. The number of hydrogen-bond acceptors (Lipinski definition) is 3. The second kappa shape index (κ2) is 5.48. The number of nitrogens with zero attached hydrogens (tertiary/aromatic N) is 1. The summed E-state index contributed by atoms with van der Waals surface area (Å²) in [4.78, 5) is 3.87. The maximum Gasteiger partial charge on any atom is 0.416 e. The molecule has 0 unspecified atom stereocenters. The Labute approximate surface area is 122 Å². The van der Waals surface area contributed by atoms with Gasteiger partial charge in [-0.15, -0.1) is 0 Å². The summed E-state index contributed by atoms with van der Waals surface area (Å²) in [5.41, 5.74) is -1.39. The molecule has 3 nitrogen and oxygen atoms in total. The summed E-state index contributed by atoms with van der Waals surface area (Å²) in [5.74, 6) is 0.142. The Morgan fingerprint density at radius 1 is 1.24 bits per heavy atom. The van der Waals surface area contributed by atoms with Crippen LogP contribution in [0.1, 0.15) is 45.1 Å². The number of alkyl halides is 3. The van der Waals surface area contributed by atoms with E-state index in [4.69, 9.17) is 0 Å². The Morgan fingerprint density at radius 3 is 2.43 bits per heavy atom. The lowest BCUT2D eigenvalue weighted by Gasteiger charge is -2.40. The molecule has 0 aliphatic heterocycles. The SMILES string of the molecule is CC1(C)CCC(O)(CNc2cc(C(F)(F)F)ccn2)CC1. The van der Waals surface area contributed by atoms with Gasteiger partial charge in [0.25, 0.3) is 0 Å². The molecule has 21 heavy (non-hydrogen) atoms. The molecule has 1 aromatic heterocycles. The molecule has 1 heterocycles. The Morgan fingerprint density at radius 2 is 1.86 bits per heavy atom. The van der Waals surface area contributed by atoms with E-state index in [1.165, 1.54) is 0 Å². The number of hydrogen-bond donors (Lipinski definition) is 2. The Balaban J connectivity index is 1.97. The Bertz CT molecular complexity index is 490. The molecule has 1 aliphatic carbocycles. The number of nitrogens with one attached hydrogen (secondary N) is 1. The zero-order valence-electron chi connectivity index (χ0n) is 12.3. The normalized spacial score (nSPS) is 21.0. The lowest BCUT2D eigenvalue weighted by Crippen LogP contribution is -2.42. The third-order valence-corrected chi connectivity index (χ3v) is 4.22. The van der Waals surface area contributed by atoms with Gasteiger partial charge in [0.1, 0.15) is 5.82 Å². The van der Waals surface area contributed by atoms with Crippen molar-refractivity contribution in [3.63, 3.8) is 0 Å². The second-order valence-corrected chi connectivity index (χ2v) is 6.67. The van der Waals surface area contributed by atoms with E-state index in [1.807, 2.05) is 0 Å². The minimum absolute atomic E-state index is 0.142. The molecule has 1 fully saturated rings. The molecule has 0 aromatic carbocycles. The van der Waals surface area contributed by atoms with E-state index in [1.54, 1.807) is 0 Å².